The number of allylic oxidation sites excluding steroid dienone is 1. The van der Waals surface area contributed by atoms with Crippen LogP contribution in [0.2, 0.25) is 0 Å². The van der Waals surface area contributed by atoms with Gasteiger partial charge in [-0.25, -0.2) is 0 Å². The molecule has 0 aromatic heterocycles. The Morgan fingerprint density at radius 3 is 2.53 bits per heavy atom. The average Bonchev–Trinajstić information content (AvgIpc) is 2.75. The largest absolute Gasteiger partial charge is 0.310 e. The molecule has 0 saturated heterocycles. The van der Waals surface area contributed by atoms with E-state index in [9.17, 15) is 0 Å². The van der Waals surface area contributed by atoms with Gasteiger partial charge in [0.2, 0.25) is 0 Å². The highest BCUT2D eigenvalue weighted by molar-refractivity contribution is 5.15. The predicted molar refractivity (Wildman–Crippen MR) is 77.3 cm³/mol. The second-order valence-corrected chi connectivity index (χ2v) is 6.68. The fourth-order valence-electron chi connectivity index (χ4n) is 2.40. The first-order chi connectivity index (χ1) is 7.95. The molecule has 17 heavy (non-hydrogen) atoms. The van der Waals surface area contributed by atoms with Crippen LogP contribution in [0.25, 0.3) is 0 Å². The molecule has 0 aromatic carbocycles. The third kappa shape index (κ3) is 4.83. The highest BCUT2D eigenvalue weighted by atomic mass is 14.9. The Hall–Kier alpha value is -0.300. The van der Waals surface area contributed by atoms with Crippen molar-refractivity contribution in [2.24, 2.45) is 11.3 Å². The van der Waals surface area contributed by atoms with Crippen molar-refractivity contribution in [3.8, 4) is 0 Å². The predicted octanol–water partition coefficient (Wildman–Crippen LogP) is 4.54. The van der Waals surface area contributed by atoms with Crippen molar-refractivity contribution in [2.75, 3.05) is 6.54 Å². The Kier molecular flexibility index (Phi) is 5.72. The fourth-order valence-corrected chi connectivity index (χ4v) is 2.40. The quantitative estimate of drug-likeness (QED) is 0.669. The zero-order valence-electron chi connectivity index (χ0n) is 12.5. The number of hydrogen-bond acceptors (Lipinski definition) is 1. The summed E-state index contributed by atoms with van der Waals surface area (Å²) in [6.45, 7) is 12.9. The lowest BCUT2D eigenvalue weighted by Crippen LogP contribution is -2.35. The van der Waals surface area contributed by atoms with Gasteiger partial charge in [0.15, 0.2) is 0 Å². The van der Waals surface area contributed by atoms with E-state index in [1.165, 1.54) is 32.1 Å². The van der Waals surface area contributed by atoms with Gasteiger partial charge >= 0.3 is 0 Å². The van der Waals surface area contributed by atoms with Gasteiger partial charge in [-0.15, -0.1) is 0 Å². The number of hydrogen-bond donors (Lipinski definition) is 1. The lowest BCUT2D eigenvalue weighted by molar-refractivity contribution is 0.230. The molecule has 0 saturated carbocycles. The Bertz CT molecular complexity index is 247. The number of rotatable bonds is 6. The maximum absolute atomic E-state index is 3.75. The van der Waals surface area contributed by atoms with Gasteiger partial charge in [0.05, 0.1) is 0 Å². The summed E-state index contributed by atoms with van der Waals surface area (Å²) in [6.07, 6.45) is 8.97. The van der Waals surface area contributed by atoms with Crippen molar-refractivity contribution in [3.05, 3.63) is 11.6 Å². The third-order valence-electron chi connectivity index (χ3n) is 4.23. The summed E-state index contributed by atoms with van der Waals surface area (Å²) in [7, 11) is 0. The van der Waals surface area contributed by atoms with Crippen LogP contribution in [0.3, 0.4) is 0 Å². The summed E-state index contributed by atoms with van der Waals surface area (Å²) in [6, 6.07) is 0.631. The Morgan fingerprint density at radius 1 is 1.35 bits per heavy atom. The van der Waals surface area contributed by atoms with E-state index >= 15 is 0 Å². The van der Waals surface area contributed by atoms with E-state index in [0.717, 1.165) is 12.5 Å². The SMILES string of the molecule is CCCNC(CC(C)C(C)(C)C)C1=CCCC1. The molecule has 0 aromatic rings. The summed E-state index contributed by atoms with van der Waals surface area (Å²) in [5, 5.41) is 3.75. The van der Waals surface area contributed by atoms with Crippen LogP contribution in [-0.2, 0) is 0 Å². The molecule has 1 nitrogen and oxygen atoms in total. The summed E-state index contributed by atoms with van der Waals surface area (Å²) >= 11 is 0. The van der Waals surface area contributed by atoms with E-state index in [2.05, 4.69) is 46.0 Å². The molecular formula is C16H31N. The third-order valence-corrected chi connectivity index (χ3v) is 4.23. The van der Waals surface area contributed by atoms with Crippen LogP contribution < -0.4 is 5.32 Å². The molecule has 0 spiro atoms. The van der Waals surface area contributed by atoms with Crippen LogP contribution in [0.4, 0.5) is 0 Å². The summed E-state index contributed by atoms with van der Waals surface area (Å²) in [5.41, 5.74) is 2.10. The van der Waals surface area contributed by atoms with Crippen molar-refractivity contribution < 1.29 is 0 Å². The lowest BCUT2D eigenvalue weighted by Gasteiger charge is -2.32. The van der Waals surface area contributed by atoms with Crippen LogP contribution in [-0.4, -0.2) is 12.6 Å². The molecular weight excluding hydrogens is 206 g/mol. The van der Waals surface area contributed by atoms with E-state index in [-0.39, 0.29) is 0 Å². The molecule has 1 aliphatic rings. The van der Waals surface area contributed by atoms with Crippen LogP contribution in [0.15, 0.2) is 11.6 Å². The van der Waals surface area contributed by atoms with E-state index < -0.39 is 0 Å². The molecule has 1 heteroatoms. The average molecular weight is 237 g/mol. The van der Waals surface area contributed by atoms with E-state index in [1.807, 2.05) is 0 Å². The Labute approximate surface area is 108 Å². The van der Waals surface area contributed by atoms with Gasteiger partial charge < -0.3 is 5.32 Å². The molecule has 0 heterocycles. The van der Waals surface area contributed by atoms with Crippen LogP contribution in [0.1, 0.15) is 66.7 Å². The first-order valence-electron chi connectivity index (χ1n) is 7.37. The van der Waals surface area contributed by atoms with Crippen molar-refractivity contribution in [2.45, 2.75) is 72.8 Å². The van der Waals surface area contributed by atoms with Gasteiger partial charge in [0.25, 0.3) is 0 Å². The van der Waals surface area contributed by atoms with Gasteiger partial charge in [-0.05, 0) is 50.0 Å². The minimum Gasteiger partial charge on any atom is -0.310 e. The molecule has 0 radical (unpaired) electrons. The minimum atomic E-state index is 0.422. The van der Waals surface area contributed by atoms with E-state index in [4.69, 9.17) is 0 Å². The fraction of sp³-hybridized carbons (Fsp3) is 0.875. The van der Waals surface area contributed by atoms with Crippen molar-refractivity contribution in [3.63, 3.8) is 0 Å². The zero-order chi connectivity index (χ0) is 12.9. The molecule has 2 atom stereocenters. The molecule has 1 aliphatic carbocycles. The summed E-state index contributed by atoms with van der Waals surface area (Å²) < 4.78 is 0. The second-order valence-electron chi connectivity index (χ2n) is 6.68. The summed E-state index contributed by atoms with van der Waals surface area (Å²) in [4.78, 5) is 0. The maximum Gasteiger partial charge on any atom is 0.0282 e. The Morgan fingerprint density at radius 2 is 2.06 bits per heavy atom. The van der Waals surface area contributed by atoms with Crippen LogP contribution >= 0.6 is 0 Å². The normalized spacial score (nSPS) is 20.2. The molecule has 100 valence electrons. The molecule has 0 bridgehead atoms. The number of nitrogens with one attached hydrogen (secondary N) is 1. The first kappa shape index (κ1) is 14.8. The first-order valence-corrected chi connectivity index (χ1v) is 7.37. The monoisotopic (exact) mass is 237 g/mol. The highest BCUT2D eigenvalue weighted by Crippen LogP contribution is 2.32. The molecule has 0 aliphatic heterocycles. The molecule has 0 amide bonds. The zero-order valence-corrected chi connectivity index (χ0v) is 12.5. The summed E-state index contributed by atoms with van der Waals surface area (Å²) in [5.74, 6) is 0.762. The van der Waals surface area contributed by atoms with Crippen molar-refractivity contribution >= 4 is 0 Å². The minimum absolute atomic E-state index is 0.422. The van der Waals surface area contributed by atoms with Gasteiger partial charge in [0, 0.05) is 6.04 Å². The van der Waals surface area contributed by atoms with Crippen molar-refractivity contribution in [1.82, 2.24) is 5.32 Å². The van der Waals surface area contributed by atoms with Gasteiger partial charge in [-0.3, -0.25) is 0 Å². The van der Waals surface area contributed by atoms with Crippen molar-refractivity contribution in [1.29, 1.82) is 0 Å². The van der Waals surface area contributed by atoms with Gasteiger partial charge in [-0.1, -0.05) is 46.3 Å². The smallest absolute Gasteiger partial charge is 0.0282 e. The molecule has 1 N–H and O–H groups in total. The highest BCUT2D eigenvalue weighted by Gasteiger charge is 2.25. The molecule has 2 unspecified atom stereocenters. The van der Waals surface area contributed by atoms with Gasteiger partial charge in [-0.2, -0.15) is 0 Å². The molecule has 0 fully saturated rings. The van der Waals surface area contributed by atoms with E-state index in [1.54, 1.807) is 5.57 Å². The van der Waals surface area contributed by atoms with Crippen LogP contribution in [0, 0.1) is 11.3 Å². The topological polar surface area (TPSA) is 12.0 Å². The second kappa shape index (κ2) is 6.58. The van der Waals surface area contributed by atoms with Gasteiger partial charge in [0.1, 0.15) is 0 Å². The maximum atomic E-state index is 3.75. The Balaban J connectivity index is 2.57. The lowest BCUT2D eigenvalue weighted by atomic mass is 9.77. The standard InChI is InChI=1S/C16H31N/c1-6-11-17-15(14-9-7-8-10-14)12-13(2)16(3,4)5/h9,13,15,17H,6-8,10-12H2,1-5H3. The van der Waals surface area contributed by atoms with Crippen LogP contribution in [0.5, 0.6) is 0 Å². The van der Waals surface area contributed by atoms with E-state index in [0.29, 0.717) is 11.5 Å². The molecule has 1 rings (SSSR count).